The van der Waals surface area contributed by atoms with E-state index in [0.717, 1.165) is 29.6 Å². The molecule has 2 aromatic rings. The van der Waals surface area contributed by atoms with E-state index in [2.05, 4.69) is 14.5 Å². The molecular formula is C13H16N4O. The molecule has 2 N–H and O–H groups in total. The molecule has 2 aliphatic rings. The summed E-state index contributed by atoms with van der Waals surface area (Å²) in [6.07, 6.45) is 5.91. The largest absolute Gasteiger partial charge is 0.373 e. The number of nitrogens with zero attached hydrogens (tertiary/aromatic N) is 3. The predicted molar refractivity (Wildman–Crippen MR) is 68.2 cm³/mol. The van der Waals surface area contributed by atoms with Crippen LogP contribution in [0.15, 0.2) is 12.3 Å². The first-order valence-corrected chi connectivity index (χ1v) is 6.48. The zero-order valence-corrected chi connectivity index (χ0v) is 10.3. The summed E-state index contributed by atoms with van der Waals surface area (Å²) < 4.78 is 7.97. The van der Waals surface area contributed by atoms with Crippen molar-refractivity contribution < 1.29 is 4.74 Å². The molecule has 0 radical (unpaired) electrons. The fraction of sp³-hybridized carbons (Fsp3) is 0.538. The standard InChI is InChI=1S/C13H16N4O/c1-7-4-9-12(15-6-7)17(13(14)16-9)10-5-8-2-3-11(10)18-8/h4,6,8,10-11H,2-3,5H2,1H3,(H2,14,16). The Balaban J connectivity index is 1.87. The van der Waals surface area contributed by atoms with Gasteiger partial charge in [0.05, 0.1) is 18.2 Å². The summed E-state index contributed by atoms with van der Waals surface area (Å²) in [5.74, 6) is 0.559. The van der Waals surface area contributed by atoms with Crippen molar-refractivity contribution in [3.8, 4) is 0 Å². The summed E-state index contributed by atoms with van der Waals surface area (Å²) in [6, 6.07) is 2.34. The lowest BCUT2D eigenvalue weighted by molar-refractivity contribution is 0.0945. The van der Waals surface area contributed by atoms with Crippen LogP contribution in [0.3, 0.4) is 0 Å². The number of fused-ring (bicyclic) bond motifs is 3. The first-order chi connectivity index (χ1) is 8.72. The molecule has 3 unspecified atom stereocenters. The van der Waals surface area contributed by atoms with E-state index in [1.165, 1.54) is 6.42 Å². The molecular weight excluding hydrogens is 228 g/mol. The van der Waals surface area contributed by atoms with Crippen LogP contribution in [0.5, 0.6) is 0 Å². The van der Waals surface area contributed by atoms with Crippen molar-refractivity contribution in [2.45, 2.75) is 44.4 Å². The number of nitrogens with two attached hydrogens (primary N) is 1. The number of aryl methyl sites for hydroxylation is 1. The van der Waals surface area contributed by atoms with Gasteiger partial charge < -0.3 is 10.5 Å². The zero-order chi connectivity index (χ0) is 12.3. The minimum atomic E-state index is 0.290. The number of hydrogen-bond donors (Lipinski definition) is 1. The normalized spacial score (nSPS) is 30.4. The number of hydrogen-bond acceptors (Lipinski definition) is 4. The van der Waals surface area contributed by atoms with Crippen molar-refractivity contribution in [2.24, 2.45) is 0 Å². The zero-order valence-electron chi connectivity index (χ0n) is 10.3. The number of ether oxygens (including phenoxy) is 1. The van der Waals surface area contributed by atoms with Gasteiger partial charge in [-0.2, -0.15) is 0 Å². The lowest BCUT2D eigenvalue weighted by Gasteiger charge is -2.21. The Labute approximate surface area is 105 Å². The predicted octanol–water partition coefficient (Wildman–Crippen LogP) is 1.81. The highest BCUT2D eigenvalue weighted by molar-refractivity contribution is 5.74. The second kappa shape index (κ2) is 3.45. The SMILES string of the molecule is Cc1cnc2c(c1)nc(N)n2C1CC2CCC1O2. The minimum Gasteiger partial charge on any atom is -0.373 e. The Kier molecular flexibility index (Phi) is 1.97. The smallest absolute Gasteiger partial charge is 0.202 e. The molecule has 2 saturated heterocycles. The van der Waals surface area contributed by atoms with Crippen LogP contribution in [0.1, 0.15) is 30.9 Å². The van der Waals surface area contributed by atoms with Crippen LogP contribution in [0.4, 0.5) is 5.95 Å². The molecule has 2 fully saturated rings. The fourth-order valence-corrected chi connectivity index (χ4v) is 3.31. The van der Waals surface area contributed by atoms with Gasteiger partial charge in [-0.1, -0.05) is 0 Å². The summed E-state index contributed by atoms with van der Waals surface area (Å²) >= 11 is 0. The summed E-state index contributed by atoms with van der Waals surface area (Å²) in [7, 11) is 0. The molecule has 5 heteroatoms. The van der Waals surface area contributed by atoms with Crippen LogP contribution in [-0.2, 0) is 4.74 Å². The molecule has 94 valence electrons. The lowest BCUT2D eigenvalue weighted by Crippen LogP contribution is -2.22. The molecule has 2 aliphatic heterocycles. The molecule has 0 amide bonds. The van der Waals surface area contributed by atoms with E-state index < -0.39 is 0 Å². The van der Waals surface area contributed by atoms with Crippen molar-refractivity contribution in [1.29, 1.82) is 0 Å². The average molecular weight is 244 g/mol. The Bertz CT molecular complexity index is 621. The molecule has 0 spiro atoms. The molecule has 0 aliphatic carbocycles. The van der Waals surface area contributed by atoms with Crippen molar-refractivity contribution in [3.63, 3.8) is 0 Å². The maximum atomic E-state index is 6.07. The Morgan fingerprint density at radius 3 is 3.06 bits per heavy atom. The van der Waals surface area contributed by atoms with E-state index >= 15 is 0 Å². The van der Waals surface area contributed by atoms with E-state index in [9.17, 15) is 0 Å². The summed E-state index contributed by atoms with van der Waals surface area (Å²) in [5.41, 5.74) is 8.95. The number of imidazole rings is 1. The van der Waals surface area contributed by atoms with Crippen LogP contribution in [0, 0.1) is 6.92 Å². The second-order valence-electron chi connectivity index (χ2n) is 5.37. The molecule has 2 bridgehead atoms. The van der Waals surface area contributed by atoms with Gasteiger partial charge in [0.1, 0.15) is 5.52 Å². The number of aromatic nitrogens is 3. The maximum Gasteiger partial charge on any atom is 0.202 e. The monoisotopic (exact) mass is 244 g/mol. The third kappa shape index (κ3) is 1.31. The van der Waals surface area contributed by atoms with Gasteiger partial charge in [-0.3, -0.25) is 4.57 Å². The van der Waals surface area contributed by atoms with E-state index in [4.69, 9.17) is 10.5 Å². The Morgan fingerprint density at radius 1 is 1.44 bits per heavy atom. The summed E-state index contributed by atoms with van der Waals surface area (Å²) in [4.78, 5) is 8.92. The van der Waals surface area contributed by atoms with Gasteiger partial charge in [0.2, 0.25) is 5.95 Å². The van der Waals surface area contributed by atoms with Crippen molar-refractivity contribution in [1.82, 2.24) is 14.5 Å². The first kappa shape index (κ1) is 10.3. The highest BCUT2D eigenvalue weighted by Gasteiger charge is 2.43. The fourth-order valence-electron chi connectivity index (χ4n) is 3.31. The molecule has 4 rings (SSSR count). The van der Waals surface area contributed by atoms with Gasteiger partial charge in [-0.15, -0.1) is 0 Å². The quantitative estimate of drug-likeness (QED) is 0.831. The average Bonchev–Trinajstić information content (AvgIpc) is 3.00. The van der Waals surface area contributed by atoms with Gasteiger partial charge in [0.15, 0.2) is 5.65 Å². The molecule has 2 aromatic heterocycles. The summed E-state index contributed by atoms with van der Waals surface area (Å²) in [5, 5.41) is 0. The van der Waals surface area contributed by atoms with E-state index in [-0.39, 0.29) is 6.10 Å². The second-order valence-corrected chi connectivity index (χ2v) is 5.37. The molecule has 4 heterocycles. The third-order valence-electron chi connectivity index (χ3n) is 4.10. The minimum absolute atomic E-state index is 0.290. The molecule has 5 nitrogen and oxygen atoms in total. The van der Waals surface area contributed by atoms with Gasteiger partial charge in [0, 0.05) is 6.20 Å². The van der Waals surface area contributed by atoms with Gasteiger partial charge in [0.25, 0.3) is 0 Å². The van der Waals surface area contributed by atoms with Gasteiger partial charge in [-0.25, -0.2) is 9.97 Å². The van der Waals surface area contributed by atoms with E-state index in [1.807, 2.05) is 19.2 Å². The summed E-state index contributed by atoms with van der Waals surface area (Å²) in [6.45, 7) is 2.02. The van der Waals surface area contributed by atoms with Crippen LogP contribution in [0.2, 0.25) is 0 Å². The maximum absolute atomic E-state index is 6.07. The third-order valence-corrected chi connectivity index (χ3v) is 4.10. The molecule has 3 atom stereocenters. The van der Waals surface area contributed by atoms with Crippen molar-refractivity contribution in [2.75, 3.05) is 5.73 Å². The van der Waals surface area contributed by atoms with Crippen LogP contribution in [0.25, 0.3) is 11.2 Å². The molecule has 0 aromatic carbocycles. The van der Waals surface area contributed by atoms with Crippen molar-refractivity contribution in [3.05, 3.63) is 17.8 Å². The van der Waals surface area contributed by atoms with E-state index in [1.54, 1.807) is 0 Å². The topological polar surface area (TPSA) is 66.0 Å². The van der Waals surface area contributed by atoms with Gasteiger partial charge >= 0.3 is 0 Å². The molecule has 0 saturated carbocycles. The number of nitrogen functional groups attached to an aromatic ring is 1. The van der Waals surface area contributed by atoms with Crippen molar-refractivity contribution >= 4 is 17.1 Å². The first-order valence-electron chi connectivity index (χ1n) is 6.48. The lowest BCUT2D eigenvalue weighted by atomic mass is 9.95. The number of anilines is 1. The van der Waals surface area contributed by atoms with Crippen LogP contribution in [-0.4, -0.2) is 26.7 Å². The highest BCUT2D eigenvalue weighted by atomic mass is 16.5. The Morgan fingerprint density at radius 2 is 2.33 bits per heavy atom. The number of rotatable bonds is 1. The number of pyridine rings is 1. The van der Waals surface area contributed by atoms with Gasteiger partial charge in [-0.05, 0) is 37.8 Å². The Hall–Kier alpha value is -1.62. The van der Waals surface area contributed by atoms with E-state index in [0.29, 0.717) is 18.1 Å². The van der Waals surface area contributed by atoms with Crippen LogP contribution >= 0.6 is 0 Å². The molecule has 18 heavy (non-hydrogen) atoms. The highest BCUT2D eigenvalue weighted by Crippen LogP contribution is 2.43. The van der Waals surface area contributed by atoms with Crippen LogP contribution < -0.4 is 5.73 Å².